The molecular formula is C13H16N4OS. The van der Waals surface area contributed by atoms with Gasteiger partial charge in [0.1, 0.15) is 21.5 Å². The van der Waals surface area contributed by atoms with Gasteiger partial charge in [-0.1, -0.05) is 12.2 Å². The molecule has 1 aliphatic carbocycles. The molecule has 6 heteroatoms. The van der Waals surface area contributed by atoms with Crippen LogP contribution in [0.5, 0.6) is 0 Å². The number of carbonyl (C=O) groups excluding carboxylic acids is 1. The molecule has 0 unspecified atom stereocenters. The number of nitriles is 1. The van der Waals surface area contributed by atoms with Crippen molar-refractivity contribution in [2.75, 3.05) is 17.6 Å². The number of rotatable bonds is 5. The van der Waals surface area contributed by atoms with Gasteiger partial charge in [0.05, 0.1) is 5.69 Å². The zero-order chi connectivity index (χ0) is 14.0. The second-order valence-electron chi connectivity index (χ2n) is 4.72. The van der Waals surface area contributed by atoms with Crippen LogP contribution < -0.4 is 16.4 Å². The highest BCUT2D eigenvalue weighted by molar-refractivity contribution is 7.18. The molecule has 0 spiro atoms. The summed E-state index contributed by atoms with van der Waals surface area (Å²) in [5, 5.41) is 15.7. The Labute approximate surface area is 116 Å². The Morgan fingerprint density at radius 3 is 2.84 bits per heavy atom. The van der Waals surface area contributed by atoms with Crippen LogP contribution in [0.25, 0.3) is 0 Å². The summed E-state index contributed by atoms with van der Waals surface area (Å²) in [5.74, 6) is -0.190. The zero-order valence-electron chi connectivity index (χ0n) is 10.7. The molecule has 2 rings (SSSR count). The smallest absolute Gasteiger partial charge is 0.263 e. The fourth-order valence-electron chi connectivity index (χ4n) is 1.56. The lowest BCUT2D eigenvalue weighted by Crippen LogP contribution is -2.25. The fourth-order valence-corrected chi connectivity index (χ4v) is 2.53. The standard InChI is InChI=1S/C13H16N4OS/c1-7(2)6-16-13-9(5-14)10(15)11(19-13)12(18)17-8-3-4-8/h8,16H,1,3-4,6,15H2,2H3,(H,17,18). The van der Waals surface area contributed by atoms with E-state index in [4.69, 9.17) is 11.0 Å². The van der Waals surface area contributed by atoms with Crippen LogP contribution in [0.2, 0.25) is 0 Å². The number of nitrogens with zero attached hydrogens (tertiary/aromatic N) is 1. The van der Waals surface area contributed by atoms with Crippen molar-refractivity contribution in [1.82, 2.24) is 5.32 Å². The Morgan fingerprint density at radius 2 is 2.32 bits per heavy atom. The van der Waals surface area contributed by atoms with Gasteiger partial charge in [-0.25, -0.2) is 0 Å². The molecule has 0 radical (unpaired) electrons. The third-order valence-corrected chi connectivity index (χ3v) is 3.89. The first kappa shape index (κ1) is 13.4. The molecule has 19 heavy (non-hydrogen) atoms. The van der Waals surface area contributed by atoms with E-state index in [1.165, 1.54) is 11.3 Å². The maximum absolute atomic E-state index is 12.0. The van der Waals surface area contributed by atoms with Crippen molar-refractivity contribution in [1.29, 1.82) is 5.26 Å². The molecule has 1 fully saturated rings. The van der Waals surface area contributed by atoms with Gasteiger partial charge < -0.3 is 16.4 Å². The van der Waals surface area contributed by atoms with E-state index in [1.807, 2.05) is 13.0 Å². The number of nitrogens with two attached hydrogens (primary N) is 1. The summed E-state index contributed by atoms with van der Waals surface area (Å²) in [6.07, 6.45) is 2.03. The lowest BCUT2D eigenvalue weighted by Gasteiger charge is -2.02. The molecule has 0 bridgehead atoms. The molecular weight excluding hydrogens is 260 g/mol. The van der Waals surface area contributed by atoms with E-state index in [0.717, 1.165) is 18.4 Å². The fraction of sp³-hybridized carbons (Fsp3) is 0.385. The number of hydrogen-bond acceptors (Lipinski definition) is 5. The van der Waals surface area contributed by atoms with E-state index in [-0.39, 0.29) is 17.6 Å². The molecule has 1 heterocycles. The SMILES string of the molecule is C=C(C)CNc1sc(C(=O)NC2CC2)c(N)c1C#N. The third-order valence-electron chi connectivity index (χ3n) is 2.73. The highest BCUT2D eigenvalue weighted by atomic mass is 32.1. The molecule has 0 aromatic carbocycles. The second-order valence-corrected chi connectivity index (χ2v) is 5.74. The number of thiophene rings is 1. The first-order chi connectivity index (χ1) is 9.02. The summed E-state index contributed by atoms with van der Waals surface area (Å²) in [4.78, 5) is 12.4. The van der Waals surface area contributed by atoms with Crippen LogP contribution in [-0.2, 0) is 0 Å². The van der Waals surface area contributed by atoms with Crippen molar-refractivity contribution >= 4 is 27.9 Å². The normalized spacial score (nSPS) is 13.7. The number of hydrogen-bond donors (Lipinski definition) is 3. The Balaban J connectivity index is 2.21. The summed E-state index contributed by atoms with van der Waals surface area (Å²) in [5.41, 5.74) is 7.43. The molecule has 0 aliphatic heterocycles. The van der Waals surface area contributed by atoms with Gasteiger partial charge >= 0.3 is 0 Å². The molecule has 1 aromatic rings. The van der Waals surface area contributed by atoms with Crippen molar-refractivity contribution < 1.29 is 4.79 Å². The van der Waals surface area contributed by atoms with Crippen LogP contribution in [0.3, 0.4) is 0 Å². The maximum atomic E-state index is 12.0. The predicted octanol–water partition coefficient (Wildman–Crippen LogP) is 2.08. The lowest BCUT2D eigenvalue weighted by molar-refractivity contribution is 0.0956. The monoisotopic (exact) mass is 276 g/mol. The molecule has 100 valence electrons. The van der Waals surface area contributed by atoms with Crippen molar-refractivity contribution in [2.24, 2.45) is 0 Å². The molecule has 0 atom stereocenters. The average molecular weight is 276 g/mol. The van der Waals surface area contributed by atoms with E-state index in [1.54, 1.807) is 0 Å². The molecule has 1 amide bonds. The average Bonchev–Trinajstić information content (AvgIpc) is 3.09. The van der Waals surface area contributed by atoms with Crippen LogP contribution in [0.1, 0.15) is 35.0 Å². The predicted molar refractivity (Wildman–Crippen MR) is 77.2 cm³/mol. The minimum Gasteiger partial charge on any atom is -0.396 e. The first-order valence-electron chi connectivity index (χ1n) is 6.04. The Bertz CT molecular complexity index is 566. The minimum absolute atomic E-state index is 0.190. The van der Waals surface area contributed by atoms with Crippen LogP contribution in [-0.4, -0.2) is 18.5 Å². The van der Waals surface area contributed by atoms with Crippen molar-refractivity contribution in [3.05, 3.63) is 22.6 Å². The van der Waals surface area contributed by atoms with E-state index in [2.05, 4.69) is 17.2 Å². The lowest BCUT2D eigenvalue weighted by atomic mass is 10.2. The second kappa shape index (κ2) is 5.33. The topological polar surface area (TPSA) is 90.9 Å². The number of nitrogen functional groups attached to an aromatic ring is 1. The number of carbonyl (C=O) groups is 1. The summed E-state index contributed by atoms with van der Waals surface area (Å²) in [7, 11) is 0. The Morgan fingerprint density at radius 1 is 1.63 bits per heavy atom. The number of amides is 1. The van der Waals surface area contributed by atoms with E-state index < -0.39 is 0 Å². The third kappa shape index (κ3) is 3.06. The highest BCUT2D eigenvalue weighted by Crippen LogP contribution is 2.35. The summed E-state index contributed by atoms with van der Waals surface area (Å²) >= 11 is 1.22. The van der Waals surface area contributed by atoms with Gasteiger partial charge in [-0.3, -0.25) is 4.79 Å². The van der Waals surface area contributed by atoms with Crippen molar-refractivity contribution in [3.63, 3.8) is 0 Å². The van der Waals surface area contributed by atoms with Gasteiger partial charge in [-0.15, -0.1) is 11.3 Å². The minimum atomic E-state index is -0.190. The van der Waals surface area contributed by atoms with Crippen molar-refractivity contribution in [2.45, 2.75) is 25.8 Å². The maximum Gasteiger partial charge on any atom is 0.263 e. The molecule has 5 nitrogen and oxygen atoms in total. The van der Waals surface area contributed by atoms with E-state index in [9.17, 15) is 4.79 Å². The van der Waals surface area contributed by atoms with Gasteiger partial charge in [-0.2, -0.15) is 5.26 Å². The first-order valence-corrected chi connectivity index (χ1v) is 6.86. The van der Waals surface area contributed by atoms with E-state index in [0.29, 0.717) is 22.0 Å². The van der Waals surface area contributed by atoms with Gasteiger partial charge in [0.25, 0.3) is 5.91 Å². The van der Waals surface area contributed by atoms with Crippen LogP contribution in [0.15, 0.2) is 12.2 Å². The van der Waals surface area contributed by atoms with Gasteiger partial charge in [0, 0.05) is 12.6 Å². The van der Waals surface area contributed by atoms with Crippen LogP contribution in [0, 0.1) is 11.3 Å². The van der Waals surface area contributed by atoms with Crippen LogP contribution in [0.4, 0.5) is 10.7 Å². The quantitative estimate of drug-likeness (QED) is 0.718. The summed E-state index contributed by atoms with van der Waals surface area (Å²) in [6, 6.07) is 2.31. The Hall–Kier alpha value is -2.00. The molecule has 1 aromatic heterocycles. The number of anilines is 2. The van der Waals surface area contributed by atoms with Gasteiger partial charge in [0.2, 0.25) is 0 Å². The van der Waals surface area contributed by atoms with Crippen LogP contribution >= 0.6 is 11.3 Å². The molecule has 1 aliphatic rings. The Kier molecular flexibility index (Phi) is 3.76. The largest absolute Gasteiger partial charge is 0.396 e. The van der Waals surface area contributed by atoms with Gasteiger partial charge in [-0.05, 0) is 19.8 Å². The number of nitrogens with one attached hydrogen (secondary N) is 2. The summed E-state index contributed by atoms with van der Waals surface area (Å²) in [6.45, 7) is 6.23. The molecule has 4 N–H and O–H groups in total. The molecule has 0 saturated heterocycles. The zero-order valence-corrected chi connectivity index (χ0v) is 11.6. The molecule has 1 saturated carbocycles. The summed E-state index contributed by atoms with van der Waals surface area (Å²) < 4.78 is 0. The highest BCUT2D eigenvalue weighted by Gasteiger charge is 2.27. The van der Waals surface area contributed by atoms with Gasteiger partial charge in [0.15, 0.2) is 0 Å². The van der Waals surface area contributed by atoms with E-state index >= 15 is 0 Å². The van der Waals surface area contributed by atoms with Crippen molar-refractivity contribution in [3.8, 4) is 6.07 Å².